The molecule has 0 fully saturated rings. The maximum absolute atomic E-state index is 10.3. The number of hydrogen-bond acceptors (Lipinski definition) is 4. The number of hydrogen-bond donors (Lipinski definition) is 3. The van der Waals surface area contributed by atoms with Gasteiger partial charge in [-0.05, 0) is 6.92 Å². The molecule has 0 radical (unpaired) electrons. The monoisotopic (exact) mass is 180 g/mol. The number of amides is 1. The first kappa shape index (κ1) is 9.92. The Morgan fingerprint density at radius 1 is 1.36 bits per heavy atom. The van der Waals surface area contributed by atoms with Crippen LogP contribution in [0.25, 0.3) is 0 Å². The summed E-state index contributed by atoms with van der Waals surface area (Å²) in [6.07, 6.45) is 0. The highest BCUT2D eigenvalue weighted by atomic mass is 32.2. The highest BCUT2D eigenvalue weighted by molar-refractivity contribution is 7.90. The predicted octanol–water partition coefficient (Wildman–Crippen LogP) is -1.45. The summed E-state index contributed by atoms with van der Waals surface area (Å²) in [7, 11) is -4.58. The molecule has 0 aliphatic carbocycles. The van der Waals surface area contributed by atoms with E-state index in [0.29, 0.717) is 0 Å². The Labute approximate surface area is 63.6 Å². The number of nitrogens with two attached hydrogens (primary N) is 2. The molecule has 0 heterocycles. The Balaban J connectivity index is 5.32. The van der Waals surface area contributed by atoms with E-state index in [4.69, 9.17) is 10.3 Å². The van der Waals surface area contributed by atoms with Gasteiger partial charge in [0.15, 0.2) is 4.91 Å². The van der Waals surface area contributed by atoms with Crippen molar-refractivity contribution in [3.8, 4) is 0 Å². The van der Waals surface area contributed by atoms with Gasteiger partial charge >= 0.3 is 10.1 Å². The van der Waals surface area contributed by atoms with Crippen LogP contribution >= 0.6 is 0 Å². The molecule has 0 unspecified atom stereocenters. The van der Waals surface area contributed by atoms with Gasteiger partial charge in [0.05, 0.1) is 0 Å². The molecule has 0 aromatic heterocycles. The molecule has 7 heteroatoms. The Bertz CT molecular complexity index is 298. The van der Waals surface area contributed by atoms with Gasteiger partial charge in [-0.1, -0.05) is 0 Å². The molecule has 0 aliphatic heterocycles. The molecule has 0 rings (SSSR count). The van der Waals surface area contributed by atoms with E-state index in [1.807, 2.05) is 0 Å². The van der Waals surface area contributed by atoms with Crippen molar-refractivity contribution >= 4 is 16.0 Å². The lowest BCUT2D eigenvalue weighted by molar-refractivity contribution is -0.114. The maximum atomic E-state index is 10.3. The van der Waals surface area contributed by atoms with Crippen LogP contribution in [-0.2, 0) is 14.9 Å². The first-order valence-corrected chi connectivity index (χ1v) is 3.94. The smallest absolute Gasteiger partial charge is 0.301 e. The fourth-order valence-corrected chi connectivity index (χ4v) is 1.19. The van der Waals surface area contributed by atoms with Gasteiger partial charge in [0.1, 0.15) is 0 Å². The molecular weight excluding hydrogens is 172 g/mol. The van der Waals surface area contributed by atoms with Crippen LogP contribution < -0.4 is 11.5 Å². The largest absolute Gasteiger partial charge is 0.401 e. The van der Waals surface area contributed by atoms with Crippen molar-refractivity contribution in [2.45, 2.75) is 6.92 Å². The minimum absolute atomic E-state index is 0.333. The van der Waals surface area contributed by atoms with Crippen LogP contribution in [0, 0.1) is 0 Å². The molecule has 5 N–H and O–H groups in total. The van der Waals surface area contributed by atoms with Gasteiger partial charge in [-0.25, -0.2) is 0 Å². The van der Waals surface area contributed by atoms with Crippen molar-refractivity contribution in [2.75, 3.05) is 0 Å². The molecule has 1 amide bonds. The molecule has 0 saturated heterocycles. The van der Waals surface area contributed by atoms with E-state index >= 15 is 0 Å². The third kappa shape index (κ3) is 2.56. The molecular formula is C4H8N2O4S. The van der Waals surface area contributed by atoms with Crippen molar-refractivity contribution in [2.24, 2.45) is 11.5 Å². The SMILES string of the molecule is C/C(N)=C(/C(N)=O)S(=O)(=O)O. The maximum Gasteiger partial charge on any atom is 0.301 e. The molecule has 6 nitrogen and oxygen atoms in total. The predicted molar refractivity (Wildman–Crippen MR) is 37.6 cm³/mol. The highest BCUT2D eigenvalue weighted by Gasteiger charge is 2.21. The average molecular weight is 180 g/mol. The fraction of sp³-hybridized carbons (Fsp3) is 0.250. The topological polar surface area (TPSA) is 123 Å². The fourth-order valence-electron chi connectivity index (χ4n) is 0.525. The summed E-state index contributed by atoms with van der Waals surface area (Å²) in [4.78, 5) is 9.37. The van der Waals surface area contributed by atoms with Gasteiger partial charge in [-0.15, -0.1) is 0 Å². The summed E-state index contributed by atoms with van der Waals surface area (Å²) in [6.45, 7) is 1.15. The zero-order chi connectivity index (χ0) is 9.23. The second-order valence-corrected chi connectivity index (χ2v) is 3.21. The number of allylic oxidation sites excluding steroid dienone is 1. The Morgan fingerprint density at radius 3 is 1.73 bits per heavy atom. The minimum atomic E-state index is -4.58. The highest BCUT2D eigenvalue weighted by Crippen LogP contribution is 2.05. The molecule has 11 heavy (non-hydrogen) atoms. The number of carbonyl (C=O) groups is 1. The van der Waals surface area contributed by atoms with Crippen LogP contribution in [0.1, 0.15) is 6.92 Å². The lowest BCUT2D eigenvalue weighted by Gasteiger charge is -1.99. The third-order valence-electron chi connectivity index (χ3n) is 0.840. The molecule has 0 bridgehead atoms. The van der Waals surface area contributed by atoms with Gasteiger partial charge in [0.25, 0.3) is 5.91 Å². The van der Waals surface area contributed by atoms with Crippen LogP contribution in [0.2, 0.25) is 0 Å². The summed E-state index contributed by atoms with van der Waals surface area (Å²) < 4.78 is 29.0. The van der Waals surface area contributed by atoms with E-state index < -0.39 is 20.9 Å². The third-order valence-corrected chi connectivity index (χ3v) is 1.88. The van der Waals surface area contributed by atoms with Gasteiger partial charge in [-0.2, -0.15) is 8.42 Å². The van der Waals surface area contributed by atoms with E-state index in [-0.39, 0.29) is 5.70 Å². The Hall–Kier alpha value is -1.08. The summed E-state index contributed by atoms with van der Waals surface area (Å²) in [5, 5.41) is 0. The normalized spacial score (nSPS) is 14.0. The lowest BCUT2D eigenvalue weighted by atomic mass is 10.4. The van der Waals surface area contributed by atoms with Crippen molar-refractivity contribution in [3.63, 3.8) is 0 Å². The summed E-state index contributed by atoms with van der Waals surface area (Å²) in [5.74, 6) is -1.27. The molecule has 0 aromatic carbocycles. The summed E-state index contributed by atoms with van der Waals surface area (Å²) >= 11 is 0. The second-order valence-electron chi connectivity index (χ2n) is 1.85. The first-order valence-electron chi connectivity index (χ1n) is 2.50. The van der Waals surface area contributed by atoms with Crippen molar-refractivity contribution in [1.29, 1.82) is 0 Å². The van der Waals surface area contributed by atoms with E-state index in [2.05, 4.69) is 5.73 Å². The second kappa shape index (κ2) is 2.89. The van der Waals surface area contributed by atoms with Crippen LogP contribution in [0.3, 0.4) is 0 Å². The van der Waals surface area contributed by atoms with E-state index in [1.54, 1.807) is 0 Å². The lowest BCUT2D eigenvalue weighted by Crippen LogP contribution is -2.23. The number of primary amides is 1. The van der Waals surface area contributed by atoms with E-state index in [9.17, 15) is 13.2 Å². The summed E-state index contributed by atoms with van der Waals surface area (Å²) in [5.41, 5.74) is 9.24. The number of rotatable bonds is 2. The Kier molecular flexibility index (Phi) is 2.60. The van der Waals surface area contributed by atoms with E-state index in [1.165, 1.54) is 0 Å². The standard InChI is InChI=1S/C4H8N2O4S/c1-2(5)3(4(6)7)11(8,9)10/h5H2,1H3,(H2,6,7)(H,8,9,10)/b3-2+. The zero-order valence-corrected chi connectivity index (χ0v) is 6.55. The summed E-state index contributed by atoms with van der Waals surface area (Å²) in [6, 6.07) is 0. The molecule has 0 aliphatic rings. The first-order chi connectivity index (χ1) is 4.76. The average Bonchev–Trinajstić information content (AvgIpc) is 1.54. The van der Waals surface area contributed by atoms with Crippen LogP contribution in [0.4, 0.5) is 0 Å². The molecule has 0 aromatic rings. The van der Waals surface area contributed by atoms with Crippen molar-refractivity contribution < 1.29 is 17.8 Å². The molecule has 64 valence electrons. The van der Waals surface area contributed by atoms with Crippen molar-refractivity contribution in [1.82, 2.24) is 0 Å². The minimum Gasteiger partial charge on any atom is -0.401 e. The van der Waals surface area contributed by atoms with Gasteiger partial charge in [0.2, 0.25) is 0 Å². The van der Waals surface area contributed by atoms with E-state index in [0.717, 1.165) is 6.92 Å². The van der Waals surface area contributed by atoms with Crippen LogP contribution in [0.5, 0.6) is 0 Å². The molecule has 0 spiro atoms. The quantitative estimate of drug-likeness (QED) is 0.354. The molecule has 0 saturated carbocycles. The Morgan fingerprint density at radius 2 is 1.73 bits per heavy atom. The zero-order valence-electron chi connectivity index (χ0n) is 5.73. The van der Waals surface area contributed by atoms with Crippen LogP contribution in [-0.4, -0.2) is 18.9 Å². The van der Waals surface area contributed by atoms with Gasteiger partial charge in [0, 0.05) is 5.70 Å². The number of carbonyl (C=O) groups excluding carboxylic acids is 1. The molecule has 0 atom stereocenters. The van der Waals surface area contributed by atoms with Crippen LogP contribution in [0.15, 0.2) is 10.6 Å². The van der Waals surface area contributed by atoms with Crippen molar-refractivity contribution in [3.05, 3.63) is 10.6 Å². The van der Waals surface area contributed by atoms with Gasteiger partial charge < -0.3 is 11.5 Å². The van der Waals surface area contributed by atoms with Gasteiger partial charge in [-0.3, -0.25) is 9.35 Å².